The maximum absolute atomic E-state index is 9.66. The molecule has 1 fully saturated rings. The highest BCUT2D eigenvalue weighted by Crippen LogP contribution is 2.44. The second kappa shape index (κ2) is 10.8. The number of ether oxygens (including phenoxy) is 1. The lowest BCUT2D eigenvalue weighted by atomic mass is 9.98. The van der Waals surface area contributed by atoms with Crippen molar-refractivity contribution in [1.29, 1.82) is 0 Å². The van der Waals surface area contributed by atoms with Crippen LogP contribution in [0.2, 0.25) is 23.2 Å². The SMILES string of the molecule is CC(C)(C)[Si](C)(C)O[C@H](CCO[Si](c1ccccc1)(c1ccccc1)C(C)(C)C)C[C@]1(C)O[C@H]1CO. The number of hydrogen-bond donors (Lipinski definition) is 1. The van der Waals surface area contributed by atoms with Crippen molar-refractivity contribution in [1.82, 2.24) is 0 Å². The van der Waals surface area contributed by atoms with E-state index in [0.717, 1.165) is 12.8 Å². The topological polar surface area (TPSA) is 51.2 Å². The van der Waals surface area contributed by atoms with Gasteiger partial charge in [0.2, 0.25) is 0 Å². The molecule has 1 saturated heterocycles. The summed E-state index contributed by atoms with van der Waals surface area (Å²) < 4.78 is 20.0. The standard InChI is InChI=1S/C30H48O4Si2/c1-28(2,3)35(8,9)34-24(22-30(7)27(23-31)33-30)20-21-32-36(29(4,5)6,25-16-12-10-13-17-25)26-18-14-11-15-19-26/h10-19,24,27,31H,20-23H2,1-9H3/t24-,27+,30+/m1/s1. The molecule has 2 aromatic rings. The molecule has 0 saturated carbocycles. The van der Waals surface area contributed by atoms with E-state index in [-0.39, 0.29) is 34.5 Å². The van der Waals surface area contributed by atoms with E-state index < -0.39 is 16.6 Å². The lowest BCUT2D eigenvalue weighted by molar-refractivity contribution is 0.110. The molecule has 3 rings (SSSR count). The molecule has 4 nitrogen and oxygen atoms in total. The Hall–Kier alpha value is -1.29. The molecule has 6 heteroatoms. The van der Waals surface area contributed by atoms with Crippen LogP contribution in [-0.4, -0.2) is 52.8 Å². The average Bonchev–Trinajstić information content (AvgIpc) is 3.45. The third kappa shape index (κ3) is 6.22. The monoisotopic (exact) mass is 528 g/mol. The van der Waals surface area contributed by atoms with Crippen LogP contribution < -0.4 is 10.4 Å². The van der Waals surface area contributed by atoms with E-state index in [4.69, 9.17) is 13.6 Å². The van der Waals surface area contributed by atoms with Crippen LogP contribution >= 0.6 is 0 Å². The van der Waals surface area contributed by atoms with Crippen molar-refractivity contribution in [2.75, 3.05) is 13.2 Å². The molecule has 2 aromatic carbocycles. The predicted molar refractivity (Wildman–Crippen MR) is 155 cm³/mol. The summed E-state index contributed by atoms with van der Waals surface area (Å²) in [6.45, 7) is 21.2. The Morgan fingerprint density at radius 2 is 1.39 bits per heavy atom. The molecule has 1 aliphatic rings. The molecule has 1 aliphatic heterocycles. The first-order valence-corrected chi connectivity index (χ1v) is 18.2. The molecular weight excluding hydrogens is 480 g/mol. The third-order valence-corrected chi connectivity index (χ3v) is 17.9. The zero-order valence-electron chi connectivity index (χ0n) is 23.9. The second-order valence-corrected chi connectivity index (χ2v) is 22.2. The van der Waals surface area contributed by atoms with Crippen molar-refractivity contribution >= 4 is 27.0 Å². The molecule has 0 aromatic heterocycles. The van der Waals surface area contributed by atoms with Crippen LogP contribution in [0, 0.1) is 0 Å². The highest BCUT2D eigenvalue weighted by atomic mass is 28.4. The normalized spacial score (nSPS) is 21.9. The summed E-state index contributed by atoms with van der Waals surface area (Å²) in [5, 5.41) is 12.3. The van der Waals surface area contributed by atoms with Crippen LogP contribution in [0.15, 0.2) is 60.7 Å². The van der Waals surface area contributed by atoms with Gasteiger partial charge in [-0.25, -0.2) is 0 Å². The van der Waals surface area contributed by atoms with Gasteiger partial charge in [0.25, 0.3) is 8.32 Å². The van der Waals surface area contributed by atoms with Crippen molar-refractivity contribution in [2.24, 2.45) is 0 Å². The summed E-state index contributed by atoms with van der Waals surface area (Å²) in [7, 11) is -4.59. The van der Waals surface area contributed by atoms with E-state index in [2.05, 4.69) is 122 Å². The Kier molecular flexibility index (Phi) is 8.81. The maximum Gasteiger partial charge on any atom is 0.261 e. The number of aliphatic hydroxyl groups excluding tert-OH is 1. The van der Waals surface area contributed by atoms with Crippen LogP contribution in [-0.2, 0) is 13.6 Å². The summed E-state index contributed by atoms with van der Waals surface area (Å²) in [6, 6.07) is 21.6. The fraction of sp³-hybridized carbons (Fsp3) is 0.600. The first-order chi connectivity index (χ1) is 16.7. The van der Waals surface area contributed by atoms with Gasteiger partial charge in [-0.3, -0.25) is 0 Å². The molecular formula is C30H48O4Si2. The second-order valence-electron chi connectivity index (χ2n) is 13.1. The van der Waals surface area contributed by atoms with E-state index in [1.165, 1.54) is 10.4 Å². The molecule has 0 radical (unpaired) electrons. The van der Waals surface area contributed by atoms with Gasteiger partial charge in [-0.15, -0.1) is 0 Å². The minimum Gasteiger partial charge on any atom is -0.414 e. The van der Waals surface area contributed by atoms with Crippen molar-refractivity contribution in [3.05, 3.63) is 60.7 Å². The molecule has 0 unspecified atom stereocenters. The molecule has 3 atom stereocenters. The van der Waals surface area contributed by atoms with E-state index in [1.54, 1.807) is 0 Å². The van der Waals surface area contributed by atoms with Crippen LogP contribution in [0.5, 0.6) is 0 Å². The molecule has 1 heterocycles. The molecule has 0 bridgehead atoms. The summed E-state index contributed by atoms with van der Waals surface area (Å²) in [5.41, 5.74) is -0.320. The Bertz CT molecular complexity index is 926. The van der Waals surface area contributed by atoms with E-state index in [1.807, 2.05) is 0 Å². The quantitative estimate of drug-likeness (QED) is 0.292. The van der Waals surface area contributed by atoms with Crippen molar-refractivity contribution in [3.63, 3.8) is 0 Å². The smallest absolute Gasteiger partial charge is 0.261 e. The lowest BCUT2D eigenvalue weighted by Gasteiger charge is -2.44. The van der Waals surface area contributed by atoms with E-state index >= 15 is 0 Å². The highest BCUT2D eigenvalue weighted by Gasteiger charge is 2.54. The Morgan fingerprint density at radius 1 is 0.889 bits per heavy atom. The zero-order chi connectivity index (χ0) is 26.8. The van der Waals surface area contributed by atoms with Crippen molar-refractivity contribution in [3.8, 4) is 0 Å². The number of rotatable bonds is 11. The first kappa shape index (κ1) is 29.3. The molecule has 200 valence electrons. The fourth-order valence-electron chi connectivity index (χ4n) is 5.05. The lowest BCUT2D eigenvalue weighted by Crippen LogP contribution is -2.66. The molecule has 1 N–H and O–H groups in total. The van der Waals surface area contributed by atoms with Crippen LogP contribution in [0.25, 0.3) is 0 Å². The predicted octanol–water partition coefficient (Wildman–Crippen LogP) is 5.88. The van der Waals surface area contributed by atoms with Crippen molar-refractivity contribution < 1.29 is 18.7 Å². The third-order valence-electron chi connectivity index (χ3n) is 8.28. The molecule has 0 spiro atoms. The number of hydrogen-bond acceptors (Lipinski definition) is 4. The Balaban J connectivity index is 1.90. The van der Waals surface area contributed by atoms with Gasteiger partial charge in [-0.2, -0.15) is 0 Å². The Labute approximate surface area is 221 Å². The van der Waals surface area contributed by atoms with Gasteiger partial charge in [0, 0.05) is 13.0 Å². The molecule has 0 aliphatic carbocycles. The van der Waals surface area contributed by atoms with Gasteiger partial charge in [0.15, 0.2) is 8.32 Å². The van der Waals surface area contributed by atoms with E-state index in [9.17, 15) is 5.11 Å². The zero-order valence-corrected chi connectivity index (χ0v) is 25.9. The van der Waals surface area contributed by atoms with Gasteiger partial charge < -0.3 is 18.7 Å². The summed E-state index contributed by atoms with van der Waals surface area (Å²) in [6.07, 6.45) is 1.49. The first-order valence-electron chi connectivity index (χ1n) is 13.4. The fourth-order valence-corrected chi connectivity index (χ4v) is 11.0. The van der Waals surface area contributed by atoms with E-state index in [0.29, 0.717) is 6.61 Å². The van der Waals surface area contributed by atoms with Crippen LogP contribution in [0.1, 0.15) is 61.3 Å². The van der Waals surface area contributed by atoms with Gasteiger partial charge in [-0.05, 0) is 46.9 Å². The molecule has 36 heavy (non-hydrogen) atoms. The summed E-state index contributed by atoms with van der Waals surface area (Å²) in [4.78, 5) is 0. The average molecular weight is 529 g/mol. The minimum absolute atomic E-state index is 0.0191. The van der Waals surface area contributed by atoms with Gasteiger partial charge in [0.05, 0.1) is 18.3 Å². The van der Waals surface area contributed by atoms with Crippen LogP contribution in [0.4, 0.5) is 0 Å². The van der Waals surface area contributed by atoms with Gasteiger partial charge in [-0.1, -0.05) is 102 Å². The number of benzene rings is 2. The Morgan fingerprint density at radius 3 is 1.78 bits per heavy atom. The van der Waals surface area contributed by atoms with Gasteiger partial charge in [0.1, 0.15) is 6.10 Å². The maximum atomic E-state index is 9.66. The largest absolute Gasteiger partial charge is 0.414 e. The summed E-state index contributed by atoms with van der Waals surface area (Å²) >= 11 is 0. The molecule has 0 amide bonds. The van der Waals surface area contributed by atoms with Crippen molar-refractivity contribution in [2.45, 2.75) is 102 Å². The summed E-state index contributed by atoms with van der Waals surface area (Å²) in [5.74, 6) is 0. The minimum atomic E-state index is -2.59. The number of aliphatic hydroxyl groups is 1. The van der Waals surface area contributed by atoms with Gasteiger partial charge >= 0.3 is 0 Å². The highest BCUT2D eigenvalue weighted by molar-refractivity contribution is 6.99. The number of epoxide rings is 1. The van der Waals surface area contributed by atoms with Crippen LogP contribution in [0.3, 0.4) is 0 Å².